The molecule has 2 aliphatic carbocycles. The van der Waals surface area contributed by atoms with Crippen molar-refractivity contribution in [2.24, 2.45) is 23.7 Å². The monoisotopic (exact) mass is 136 g/mol. The van der Waals surface area contributed by atoms with Gasteiger partial charge in [-0.25, -0.2) is 0 Å². The fraction of sp³-hybridized carbons (Fsp3) is 0.800. The van der Waals surface area contributed by atoms with Crippen LogP contribution in [0.4, 0.5) is 0 Å². The quantitative estimate of drug-likeness (QED) is 0.449. The number of hydrogen-bond donors (Lipinski definition) is 0. The van der Waals surface area contributed by atoms with E-state index in [9.17, 15) is 0 Å². The summed E-state index contributed by atoms with van der Waals surface area (Å²) in [5, 5.41) is 0. The summed E-state index contributed by atoms with van der Waals surface area (Å²) in [6, 6.07) is 0. The summed E-state index contributed by atoms with van der Waals surface area (Å²) in [6.45, 7) is 7.03. The van der Waals surface area contributed by atoms with Crippen LogP contribution in [0.15, 0.2) is 11.6 Å². The zero-order chi connectivity index (χ0) is 7.30. The van der Waals surface area contributed by atoms with Crippen LogP contribution in [-0.4, -0.2) is 0 Å². The van der Waals surface area contributed by atoms with Gasteiger partial charge in [-0.3, -0.25) is 0 Å². The molecule has 2 rings (SSSR count). The number of hydrogen-bond acceptors (Lipinski definition) is 0. The maximum absolute atomic E-state index is 2.47. The van der Waals surface area contributed by atoms with E-state index < -0.39 is 0 Å². The molecule has 0 aromatic heterocycles. The molecule has 0 N–H and O–H groups in total. The van der Waals surface area contributed by atoms with Crippen LogP contribution >= 0.6 is 0 Å². The van der Waals surface area contributed by atoms with Crippen LogP contribution in [0.3, 0.4) is 0 Å². The Balaban J connectivity index is 2.22. The van der Waals surface area contributed by atoms with Gasteiger partial charge in [-0.2, -0.15) is 0 Å². The van der Waals surface area contributed by atoms with Crippen LogP contribution in [0.1, 0.15) is 27.2 Å². The molecule has 4 atom stereocenters. The predicted octanol–water partition coefficient (Wildman–Crippen LogP) is 2.85. The van der Waals surface area contributed by atoms with Gasteiger partial charge in [-0.1, -0.05) is 25.5 Å². The first kappa shape index (κ1) is 6.45. The van der Waals surface area contributed by atoms with E-state index in [0.29, 0.717) is 0 Å². The molecular formula is C10H16. The van der Waals surface area contributed by atoms with Crippen LogP contribution in [0.5, 0.6) is 0 Å². The minimum Gasteiger partial charge on any atom is -0.0822 e. The largest absolute Gasteiger partial charge is 0.0822 e. The topological polar surface area (TPSA) is 0 Å². The fourth-order valence-electron chi connectivity index (χ4n) is 2.44. The van der Waals surface area contributed by atoms with E-state index in [2.05, 4.69) is 26.8 Å². The van der Waals surface area contributed by atoms with Gasteiger partial charge < -0.3 is 0 Å². The number of rotatable bonds is 0. The highest BCUT2D eigenvalue weighted by atomic mass is 14.5. The van der Waals surface area contributed by atoms with E-state index in [0.717, 1.165) is 23.7 Å². The van der Waals surface area contributed by atoms with Crippen LogP contribution in [0, 0.1) is 23.7 Å². The summed E-state index contributed by atoms with van der Waals surface area (Å²) >= 11 is 0. The number of fused-ring (bicyclic) bond motifs is 1. The Morgan fingerprint density at radius 1 is 1.30 bits per heavy atom. The summed E-state index contributed by atoms with van der Waals surface area (Å²) in [5.74, 6) is 3.88. The van der Waals surface area contributed by atoms with Crippen molar-refractivity contribution < 1.29 is 0 Å². The van der Waals surface area contributed by atoms with Crippen molar-refractivity contribution in [1.82, 2.24) is 0 Å². The minimum atomic E-state index is 0.876. The molecule has 56 valence electrons. The molecule has 0 aliphatic heterocycles. The highest BCUT2D eigenvalue weighted by molar-refractivity contribution is 5.18. The second kappa shape index (κ2) is 1.87. The third-order valence-corrected chi connectivity index (χ3v) is 3.45. The maximum Gasteiger partial charge on any atom is -0.0203 e. The molecule has 0 spiro atoms. The molecule has 0 nitrogen and oxygen atoms in total. The predicted molar refractivity (Wildman–Crippen MR) is 43.7 cm³/mol. The van der Waals surface area contributed by atoms with Gasteiger partial charge in [-0.05, 0) is 37.0 Å². The normalized spacial score (nSPS) is 51.7. The summed E-state index contributed by atoms with van der Waals surface area (Å²) in [5.41, 5.74) is 1.63. The lowest BCUT2D eigenvalue weighted by Crippen LogP contribution is -2.11. The van der Waals surface area contributed by atoms with Crippen molar-refractivity contribution in [3.05, 3.63) is 11.6 Å². The third kappa shape index (κ3) is 0.744. The Labute approximate surface area is 63.3 Å². The van der Waals surface area contributed by atoms with E-state index in [1.54, 1.807) is 5.57 Å². The van der Waals surface area contributed by atoms with Crippen molar-refractivity contribution in [2.75, 3.05) is 0 Å². The first-order valence-corrected chi connectivity index (χ1v) is 4.38. The van der Waals surface area contributed by atoms with Crippen LogP contribution < -0.4 is 0 Å². The van der Waals surface area contributed by atoms with E-state index in [4.69, 9.17) is 0 Å². The van der Waals surface area contributed by atoms with E-state index in [-0.39, 0.29) is 0 Å². The summed E-state index contributed by atoms with van der Waals surface area (Å²) in [4.78, 5) is 0. The first-order chi connectivity index (χ1) is 4.70. The average molecular weight is 136 g/mol. The maximum atomic E-state index is 2.47. The lowest BCUT2D eigenvalue weighted by molar-refractivity contribution is 0.451. The highest BCUT2D eigenvalue weighted by Crippen LogP contribution is 2.54. The van der Waals surface area contributed by atoms with E-state index >= 15 is 0 Å². The van der Waals surface area contributed by atoms with Crippen LogP contribution in [0.25, 0.3) is 0 Å². The Hall–Kier alpha value is -0.260. The first-order valence-electron chi connectivity index (χ1n) is 4.38. The molecule has 0 radical (unpaired) electrons. The molecular weight excluding hydrogens is 120 g/mol. The lowest BCUT2D eigenvalue weighted by atomic mass is 9.85. The Morgan fingerprint density at radius 2 is 2.00 bits per heavy atom. The number of allylic oxidation sites excluding steroid dienone is 2. The molecule has 0 heterocycles. The molecule has 0 aromatic rings. The molecule has 0 saturated heterocycles. The fourth-order valence-corrected chi connectivity index (χ4v) is 2.44. The lowest BCUT2D eigenvalue weighted by Gasteiger charge is -2.20. The molecule has 1 saturated carbocycles. The highest BCUT2D eigenvalue weighted by Gasteiger charge is 2.46. The third-order valence-electron chi connectivity index (χ3n) is 3.45. The van der Waals surface area contributed by atoms with Crippen molar-refractivity contribution >= 4 is 0 Å². The van der Waals surface area contributed by atoms with Crippen LogP contribution in [0.2, 0.25) is 0 Å². The van der Waals surface area contributed by atoms with Gasteiger partial charge in [0.25, 0.3) is 0 Å². The Morgan fingerprint density at radius 3 is 2.70 bits per heavy atom. The minimum absolute atomic E-state index is 0.876. The standard InChI is InChI=1S/C10H16/c1-6-4-7(2)9-5-10(9)8(6)3/h4,7-10H,5H2,1-3H3. The summed E-state index contributed by atoms with van der Waals surface area (Å²) in [7, 11) is 0. The van der Waals surface area contributed by atoms with Gasteiger partial charge in [0.1, 0.15) is 0 Å². The Bertz CT molecular complexity index is 178. The zero-order valence-corrected chi connectivity index (χ0v) is 7.09. The molecule has 0 amide bonds. The summed E-state index contributed by atoms with van der Waals surface area (Å²) < 4.78 is 0. The van der Waals surface area contributed by atoms with Gasteiger partial charge in [0.05, 0.1) is 0 Å². The van der Waals surface area contributed by atoms with Gasteiger partial charge in [0.2, 0.25) is 0 Å². The van der Waals surface area contributed by atoms with Gasteiger partial charge in [0.15, 0.2) is 0 Å². The van der Waals surface area contributed by atoms with E-state index in [1.165, 1.54) is 6.42 Å². The summed E-state index contributed by atoms with van der Waals surface area (Å²) in [6.07, 6.45) is 3.97. The zero-order valence-electron chi connectivity index (χ0n) is 7.09. The molecule has 1 fully saturated rings. The average Bonchev–Trinajstić information content (AvgIpc) is 2.61. The molecule has 0 heteroatoms. The van der Waals surface area contributed by atoms with Crippen molar-refractivity contribution in [3.63, 3.8) is 0 Å². The van der Waals surface area contributed by atoms with Crippen LogP contribution in [-0.2, 0) is 0 Å². The van der Waals surface area contributed by atoms with Gasteiger partial charge in [-0.15, -0.1) is 0 Å². The second-order valence-corrected chi connectivity index (χ2v) is 4.12. The van der Waals surface area contributed by atoms with Crippen molar-refractivity contribution in [1.29, 1.82) is 0 Å². The molecule has 4 unspecified atom stereocenters. The smallest absolute Gasteiger partial charge is 0.0203 e. The Kier molecular flexibility index (Phi) is 1.21. The van der Waals surface area contributed by atoms with E-state index in [1.807, 2.05) is 0 Å². The molecule has 0 bridgehead atoms. The molecule has 0 aromatic carbocycles. The van der Waals surface area contributed by atoms with Crippen molar-refractivity contribution in [2.45, 2.75) is 27.2 Å². The SMILES string of the molecule is CC1=CC(C)C2CC2C1C. The molecule has 2 aliphatic rings. The van der Waals surface area contributed by atoms with Gasteiger partial charge in [0, 0.05) is 0 Å². The second-order valence-electron chi connectivity index (χ2n) is 4.12. The van der Waals surface area contributed by atoms with Gasteiger partial charge >= 0.3 is 0 Å². The molecule has 10 heavy (non-hydrogen) atoms. The van der Waals surface area contributed by atoms with Crippen molar-refractivity contribution in [3.8, 4) is 0 Å².